The smallest absolute Gasteiger partial charge is 0.784 e. The molecule has 0 aromatic carbocycles. The SMILES string of the molecule is O=S([O-])S(=O)O.O=S([O-])[O-].[Na+].[Zn+2]. The van der Waals surface area contributed by atoms with E-state index in [2.05, 4.69) is 0 Å². The summed E-state index contributed by atoms with van der Waals surface area (Å²) in [5.41, 5.74) is 0. The summed E-state index contributed by atoms with van der Waals surface area (Å²) >= 11 is -3.11. The second-order valence-electron chi connectivity index (χ2n) is 0.625. The van der Waals surface area contributed by atoms with Crippen LogP contribution >= 0.6 is 0 Å². The van der Waals surface area contributed by atoms with Gasteiger partial charge in [-0.05, 0) is 0 Å². The largest absolute Gasteiger partial charge is 2.00 e. The van der Waals surface area contributed by atoms with Gasteiger partial charge in [-0.2, -0.15) is 0 Å². The van der Waals surface area contributed by atoms with Gasteiger partial charge < -0.3 is 13.7 Å². The number of hydrogen-bond acceptors (Lipinski definition) is 6. The van der Waals surface area contributed by atoms with Crippen molar-refractivity contribution in [3.05, 3.63) is 0 Å². The van der Waals surface area contributed by atoms with E-state index >= 15 is 0 Å². The summed E-state index contributed by atoms with van der Waals surface area (Å²) in [7, 11) is -5.54. The molecule has 0 amide bonds. The molecule has 0 aliphatic rings. The van der Waals surface area contributed by atoms with E-state index in [1.54, 1.807) is 0 Å². The van der Waals surface area contributed by atoms with Gasteiger partial charge in [-0.15, -0.1) is 11.4 Å². The summed E-state index contributed by atoms with van der Waals surface area (Å²) in [6, 6.07) is 0. The molecule has 0 aromatic heterocycles. The summed E-state index contributed by atoms with van der Waals surface area (Å²) in [5, 5.41) is 0. The minimum atomic E-state index is -3.11. The summed E-state index contributed by atoms with van der Waals surface area (Å²) in [4.78, 5) is 0. The van der Waals surface area contributed by atoms with E-state index in [-0.39, 0.29) is 49.0 Å². The van der Waals surface area contributed by atoms with Gasteiger partial charge in [0.05, 0.1) is 10.1 Å². The summed E-state index contributed by atoms with van der Waals surface area (Å²) in [6.07, 6.45) is 0. The van der Waals surface area contributed by atoms with E-state index in [1.807, 2.05) is 0 Å². The first-order valence-corrected chi connectivity index (χ1v) is 5.05. The maximum atomic E-state index is 9.20. The summed E-state index contributed by atoms with van der Waals surface area (Å²) in [6.45, 7) is 0. The molecule has 0 saturated heterocycles. The molecular formula is HNaO7S3Zn. The first kappa shape index (κ1) is 23.6. The zero-order valence-corrected chi connectivity index (χ0v) is 13.2. The van der Waals surface area contributed by atoms with E-state index in [4.69, 9.17) is 26.6 Å². The topological polar surface area (TPSA) is 141 Å². The van der Waals surface area contributed by atoms with Gasteiger partial charge in [0.25, 0.3) is 0 Å². The third-order valence-corrected chi connectivity index (χ3v) is 1.05. The van der Waals surface area contributed by atoms with Gasteiger partial charge in [-0.1, -0.05) is 0 Å². The van der Waals surface area contributed by atoms with Crippen LogP contribution in [-0.2, 0) is 51.1 Å². The van der Waals surface area contributed by atoms with E-state index in [9.17, 15) is 4.21 Å². The molecule has 0 heterocycles. The Labute approximate surface area is 110 Å². The second kappa shape index (κ2) is 15.4. The molecule has 0 aliphatic carbocycles. The molecule has 0 aliphatic heterocycles. The summed E-state index contributed by atoms with van der Waals surface area (Å²) < 4.78 is 60.3. The van der Waals surface area contributed by atoms with Gasteiger partial charge in [0.2, 0.25) is 10.1 Å². The van der Waals surface area contributed by atoms with Crippen LogP contribution in [0, 0.1) is 0 Å². The van der Waals surface area contributed by atoms with Crippen molar-refractivity contribution in [2.75, 3.05) is 0 Å². The quantitative estimate of drug-likeness (QED) is 0.290. The maximum Gasteiger partial charge on any atom is 2.00 e. The second-order valence-corrected chi connectivity index (χ2v) is 3.55. The van der Waals surface area contributed by atoms with Crippen molar-refractivity contribution in [2.45, 2.75) is 0 Å². The molecule has 1 N–H and O–H groups in total. The van der Waals surface area contributed by atoms with Crippen molar-refractivity contribution < 1.29 is 79.9 Å². The zero-order chi connectivity index (χ0) is 8.73. The summed E-state index contributed by atoms with van der Waals surface area (Å²) in [5.74, 6) is 0. The van der Waals surface area contributed by atoms with Gasteiger partial charge in [0, 0.05) is 0 Å². The van der Waals surface area contributed by atoms with Gasteiger partial charge in [-0.25, -0.2) is 4.21 Å². The molecule has 12 heavy (non-hydrogen) atoms. The van der Waals surface area contributed by atoms with Crippen molar-refractivity contribution in [3.8, 4) is 0 Å². The number of hydrogen-bond donors (Lipinski definition) is 1. The molecule has 0 saturated carbocycles. The molecule has 12 heteroatoms. The Kier molecular flexibility index (Phi) is 30.3. The van der Waals surface area contributed by atoms with Crippen molar-refractivity contribution in [1.29, 1.82) is 0 Å². The molecule has 7 nitrogen and oxygen atoms in total. The van der Waals surface area contributed by atoms with Crippen molar-refractivity contribution in [3.63, 3.8) is 0 Å². The molecular weight excluding hydrogens is 297 g/mol. The van der Waals surface area contributed by atoms with Gasteiger partial charge in [0.15, 0.2) is 0 Å². The fourth-order valence-corrected chi connectivity index (χ4v) is 0. The fourth-order valence-electron chi connectivity index (χ4n) is 0. The zero-order valence-electron chi connectivity index (χ0n) is 5.83. The Hall–Kier alpha value is 1.91. The van der Waals surface area contributed by atoms with Crippen LogP contribution < -0.4 is 29.6 Å². The minimum Gasteiger partial charge on any atom is -0.784 e. The third kappa shape index (κ3) is 40.6. The van der Waals surface area contributed by atoms with Crippen molar-refractivity contribution >= 4 is 31.6 Å². The van der Waals surface area contributed by atoms with Crippen LogP contribution in [-0.4, -0.2) is 30.8 Å². The normalized spacial score (nSPS) is 12.8. The Morgan fingerprint density at radius 2 is 1.08 bits per heavy atom. The number of rotatable bonds is 1. The van der Waals surface area contributed by atoms with Crippen LogP contribution in [0.5, 0.6) is 0 Å². The standard InChI is InChI=1S/Na.H2O4S2.H2O3S.Zn/c;1-5(2)6(3)4;1-4(2)3;/h;(H,1,2)(H,3,4);(H2,1,2,3);/q+1;;;+2/p-3. The first-order valence-electron chi connectivity index (χ1n) is 1.35. The van der Waals surface area contributed by atoms with Crippen LogP contribution in [0.1, 0.15) is 0 Å². The Balaban J connectivity index is -0.0000000483. The monoisotopic (exact) mass is 296 g/mol. The molecule has 2 atom stereocenters. The third-order valence-electron chi connectivity index (χ3n) is 0.116. The van der Waals surface area contributed by atoms with E-state index in [1.165, 1.54) is 0 Å². The van der Waals surface area contributed by atoms with E-state index < -0.39 is 31.6 Å². The van der Waals surface area contributed by atoms with Gasteiger partial charge in [0.1, 0.15) is 0 Å². The Morgan fingerprint density at radius 3 is 1.08 bits per heavy atom. The van der Waals surface area contributed by atoms with E-state index in [0.29, 0.717) is 0 Å². The van der Waals surface area contributed by atoms with Crippen LogP contribution in [0.15, 0.2) is 0 Å². The van der Waals surface area contributed by atoms with Gasteiger partial charge >= 0.3 is 49.0 Å². The molecule has 0 radical (unpaired) electrons. The van der Waals surface area contributed by atoms with Crippen LogP contribution in [0.3, 0.4) is 0 Å². The molecule has 0 spiro atoms. The molecule has 0 rings (SSSR count). The predicted octanol–water partition coefficient (Wildman–Crippen LogP) is -5.00. The Bertz CT molecular complexity index is 141. The maximum absolute atomic E-state index is 9.20. The molecule has 0 aromatic rings. The molecule has 2 unspecified atom stereocenters. The van der Waals surface area contributed by atoms with Gasteiger partial charge in [-0.3, -0.25) is 13.0 Å². The molecule has 64 valence electrons. The average Bonchev–Trinajstić information content (AvgIpc) is 1.63. The predicted molar refractivity (Wildman–Crippen MR) is 29.4 cm³/mol. The Morgan fingerprint density at radius 1 is 1.00 bits per heavy atom. The van der Waals surface area contributed by atoms with Crippen molar-refractivity contribution in [1.82, 2.24) is 0 Å². The average molecular weight is 298 g/mol. The minimum absolute atomic E-state index is 0. The van der Waals surface area contributed by atoms with Crippen molar-refractivity contribution in [2.24, 2.45) is 0 Å². The van der Waals surface area contributed by atoms with Crippen LogP contribution in [0.25, 0.3) is 0 Å². The molecule has 0 bridgehead atoms. The fraction of sp³-hybridized carbons (Fsp3) is 0. The van der Waals surface area contributed by atoms with Crippen LogP contribution in [0.2, 0.25) is 0 Å². The van der Waals surface area contributed by atoms with Crippen LogP contribution in [0.4, 0.5) is 0 Å². The first-order chi connectivity index (χ1) is 4.37. The molecule has 0 fully saturated rings. The van der Waals surface area contributed by atoms with E-state index in [0.717, 1.165) is 0 Å².